The number of anilines is 7. The maximum Gasteiger partial charge on any atom is 0.231 e. The highest BCUT2D eigenvalue weighted by molar-refractivity contribution is 5.94. The highest BCUT2D eigenvalue weighted by Crippen LogP contribution is 2.33. The lowest BCUT2D eigenvalue weighted by Gasteiger charge is -2.19. The Morgan fingerprint density at radius 1 is 0.733 bits per heavy atom. The lowest BCUT2D eigenvalue weighted by atomic mass is 10.0. The molecule has 0 saturated heterocycles. The van der Waals surface area contributed by atoms with Gasteiger partial charge >= 0.3 is 0 Å². The van der Waals surface area contributed by atoms with Crippen molar-refractivity contribution in [3.8, 4) is 11.5 Å². The van der Waals surface area contributed by atoms with E-state index in [1.807, 2.05) is 56.3 Å². The Morgan fingerprint density at radius 2 is 1.42 bits per heavy atom. The number of ether oxygens (including phenoxy) is 2. The van der Waals surface area contributed by atoms with Crippen LogP contribution in [0.2, 0.25) is 0 Å². The third-order valence-electron chi connectivity index (χ3n) is 7.12. The highest BCUT2D eigenvalue weighted by atomic mass is 16.6. The van der Waals surface area contributed by atoms with E-state index < -0.39 is 0 Å². The molecule has 4 aromatic rings. The molecule has 2 aliphatic carbocycles. The van der Waals surface area contributed by atoms with Crippen LogP contribution in [-0.4, -0.2) is 56.1 Å². The topological polar surface area (TPSA) is 160 Å². The number of carbonyl (C=O) groups is 1. The Balaban J connectivity index is 0.000000151. The molecule has 2 aromatic heterocycles. The van der Waals surface area contributed by atoms with Gasteiger partial charge in [0.05, 0.1) is 0 Å². The van der Waals surface area contributed by atoms with Gasteiger partial charge in [-0.15, -0.1) is 0 Å². The summed E-state index contributed by atoms with van der Waals surface area (Å²) in [4.78, 5) is 32.7. The Kier molecular flexibility index (Phi) is 9.33. The summed E-state index contributed by atoms with van der Waals surface area (Å²) in [6.07, 6.45) is 9.30. The number of aromatic nitrogens is 5. The number of amides is 1. The number of nitrogens with one attached hydrogen (secondary N) is 5. The molecule has 234 valence electrons. The number of hydrogen-bond donors (Lipinski definition) is 5. The Bertz CT molecular complexity index is 1630. The monoisotopic (exact) mass is 610 g/mol. The van der Waals surface area contributed by atoms with Crippen LogP contribution in [0, 0.1) is 0 Å². The molecule has 2 aliphatic heterocycles. The number of benzene rings is 2. The third-order valence-corrected chi connectivity index (χ3v) is 7.12. The number of rotatable bonds is 8. The molecule has 4 heterocycles. The lowest BCUT2D eigenvalue weighted by molar-refractivity contribution is -0.116. The van der Waals surface area contributed by atoms with Crippen LogP contribution in [0.25, 0.3) is 0 Å². The molecule has 13 heteroatoms. The molecule has 8 rings (SSSR count). The number of fused-ring (bicyclic) bond motifs is 2. The first-order valence-corrected chi connectivity index (χ1v) is 15.5. The molecule has 2 fully saturated rings. The predicted molar refractivity (Wildman–Crippen MR) is 174 cm³/mol. The minimum absolute atomic E-state index is 0.0708. The largest absolute Gasteiger partial charge is 0.486 e. The van der Waals surface area contributed by atoms with Gasteiger partial charge in [0.1, 0.15) is 25.4 Å². The number of nitrogens with zero attached hydrogens (tertiary/aromatic N) is 5. The van der Waals surface area contributed by atoms with Crippen molar-refractivity contribution in [1.29, 1.82) is 0 Å². The van der Waals surface area contributed by atoms with Gasteiger partial charge < -0.3 is 36.1 Å². The van der Waals surface area contributed by atoms with Crippen LogP contribution in [-0.2, 0) is 11.2 Å². The first kappa shape index (κ1) is 29.9. The van der Waals surface area contributed by atoms with E-state index in [1.165, 1.54) is 32.0 Å². The van der Waals surface area contributed by atoms with E-state index in [0.717, 1.165) is 46.4 Å². The first-order chi connectivity index (χ1) is 22.1. The predicted octanol–water partition coefficient (Wildman–Crippen LogP) is 5.67. The summed E-state index contributed by atoms with van der Waals surface area (Å²) in [5, 5.41) is 15.8. The third kappa shape index (κ3) is 8.46. The minimum Gasteiger partial charge on any atom is -0.486 e. The molecule has 5 N–H and O–H groups in total. The van der Waals surface area contributed by atoms with Crippen LogP contribution in [0.15, 0.2) is 55.0 Å². The van der Waals surface area contributed by atoms with Crippen molar-refractivity contribution in [3.63, 3.8) is 0 Å². The van der Waals surface area contributed by atoms with E-state index in [0.29, 0.717) is 49.6 Å². The maximum atomic E-state index is 11.4. The molecule has 2 aromatic carbocycles. The van der Waals surface area contributed by atoms with E-state index in [-0.39, 0.29) is 5.91 Å². The molecule has 0 atom stereocenters. The van der Waals surface area contributed by atoms with E-state index in [1.54, 1.807) is 6.20 Å². The van der Waals surface area contributed by atoms with E-state index in [4.69, 9.17) is 9.47 Å². The molecule has 0 spiro atoms. The van der Waals surface area contributed by atoms with E-state index in [2.05, 4.69) is 51.5 Å². The van der Waals surface area contributed by atoms with E-state index in [9.17, 15) is 4.79 Å². The molecular formula is C32H38N10O3. The lowest BCUT2D eigenvalue weighted by Crippen LogP contribution is -2.18. The molecule has 45 heavy (non-hydrogen) atoms. The molecule has 13 nitrogen and oxygen atoms in total. The zero-order chi connectivity index (χ0) is 31.0. The summed E-state index contributed by atoms with van der Waals surface area (Å²) in [6.45, 7) is 5.17. The summed E-state index contributed by atoms with van der Waals surface area (Å²) < 4.78 is 11.1. The fourth-order valence-corrected chi connectivity index (χ4v) is 4.61. The fraction of sp³-hybridized carbons (Fsp3) is 0.375. The first-order valence-electron chi connectivity index (χ1n) is 15.5. The van der Waals surface area contributed by atoms with Crippen molar-refractivity contribution in [1.82, 2.24) is 24.9 Å². The summed E-state index contributed by atoms with van der Waals surface area (Å²) >= 11 is 0. The Hall–Kier alpha value is -5.20. The van der Waals surface area contributed by atoms with Gasteiger partial charge in [-0.3, -0.25) is 4.79 Å². The van der Waals surface area contributed by atoms with Crippen molar-refractivity contribution in [2.45, 2.75) is 64.5 Å². The van der Waals surface area contributed by atoms with Gasteiger partial charge in [0.25, 0.3) is 0 Å². The van der Waals surface area contributed by atoms with Gasteiger partial charge in [-0.2, -0.15) is 9.97 Å². The second-order valence-corrected chi connectivity index (χ2v) is 10.8. The van der Waals surface area contributed by atoms with Crippen LogP contribution in [0.5, 0.6) is 11.5 Å². The van der Waals surface area contributed by atoms with Gasteiger partial charge in [-0.05, 0) is 74.1 Å². The highest BCUT2D eigenvalue weighted by Gasteiger charge is 2.23. The van der Waals surface area contributed by atoms with Gasteiger partial charge in [0, 0.05) is 47.8 Å². The van der Waals surface area contributed by atoms with Crippen LogP contribution in [0.1, 0.15) is 51.5 Å². The zero-order valence-electron chi connectivity index (χ0n) is 25.5. The van der Waals surface area contributed by atoms with Gasteiger partial charge in [-0.25, -0.2) is 15.0 Å². The molecule has 2 saturated carbocycles. The van der Waals surface area contributed by atoms with Crippen LogP contribution in [0.3, 0.4) is 0 Å². The minimum atomic E-state index is 0.0708. The average Bonchev–Trinajstić information content (AvgIpc) is 4.01. The number of hydrogen-bond acceptors (Lipinski definition) is 12. The molecule has 1 amide bonds. The van der Waals surface area contributed by atoms with E-state index >= 15 is 0 Å². The maximum absolute atomic E-state index is 11.4. The van der Waals surface area contributed by atoms with Crippen molar-refractivity contribution < 1.29 is 14.3 Å². The van der Waals surface area contributed by atoms with Crippen molar-refractivity contribution in [2.24, 2.45) is 0 Å². The molecule has 0 radical (unpaired) electrons. The van der Waals surface area contributed by atoms with Crippen molar-refractivity contribution in [3.05, 3.63) is 60.6 Å². The molecule has 0 bridgehead atoms. The van der Waals surface area contributed by atoms with Crippen LogP contribution >= 0.6 is 0 Å². The van der Waals surface area contributed by atoms with Crippen LogP contribution < -0.4 is 36.1 Å². The Labute approximate surface area is 262 Å². The summed E-state index contributed by atoms with van der Waals surface area (Å²) in [5.41, 5.74) is 3.78. The van der Waals surface area contributed by atoms with Gasteiger partial charge in [0.15, 0.2) is 11.5 Å². The number of carbonyl (C=O) groups excluding carboxylic acids is 1. The SMILES string of the molecule is CC.O=C1CCc2cc(Nc3ncnc(NC4CC4)n3)ccc2N1.c1cc(NC2CC2)nc(Nc2ccc3c(c2)OCCO3)n1. The standard InChI is InChI=1S/C15H16N6O.C15H16N4O2.C2H6/c22-13-6-1-9-7-11(4-5-12(9)20-13)19-15-17-8-16-14(21-15)18-10-2-3-10;1-2-10(1)17-14-5-6-16-15(19-14)18-11-3-4-12-13(9-11)21-8-7-20-12;1-2/h4-5,7-8,10H,1-3,6H2,(H,20,22)(H2,16,17,18,19,21);3-6,9-10H,1-2,7-8H2,(H2,16,17,18,19);1-2H3. The normalized spacial score (nSPS) is 15.9. The van der Waals surface area contributed by atoms with Crippen molar-refractivity contribution >= 4 is 46.6 Å². The summed E-state index contributed by atoms with van der Waals surface area (Å²) in [5.74, 6) is 4.13. The van der Waals surface area contributed by atoms with Gasteiger partial charge in [-0.1, -0.05) is 13.8 Å². The summed E-state index contributed by atoms with van der Waals surface area (Å²) in [7, 11) is 0. The van der Waals surface area contributed by atoms with Crippen LogP contribution in [0.4, 0.5) is 40.7 Å². The fourth-order valence-electron chi connectivity index (χ4n) is 4.61. The molecule has 4 aliphatic rings. The zero-order valence-corrected chi connectivity index (χ0v) is 25.5. The quantitative estimate of drug-likeness (QED) is 0.167. The average molecular weight is 611 g/mol. The van der Waals surface area contributed by atoms with Gasteiger partial charge in [0.2, 0.25) is 23.8 Å². The Morgan fingerprint density at radius 3 is 2.22 bits per heavy atom. The second kappa shape index (κ2) is 14.1. The molecule has 0 unspecified atom stereocenters. The smallest absolute Gasteiger partial charge is 0.231 e. The van der Waals surface area contributed by atoms with Crippen molar-refractivity contribution in [2.75, 3.05) is 39.8 Å². The second-order valence-electron chi connectivity index (χ2n) is 10.8. The summed E-state index contributed by atoms with van der Waals surface area (Å²) in [6, 6.07) is 14.5. The molecular weight excluding hydrogens is 572 g/mol. The number of aryl methyl sites for hydroxylation is 1.